The number of hydrogen-bond donors (Lipinski definition) is 0. The molecule has 0 unspecified atom stereocenters. The van der Waals surface area contributed by atoms with Crippen molar-refractivity contribution in [3.63, 3.8) is 0 Å². The maximum absolute atomic E-state index is 11.8. The normalized spacial score (nSPS) is 11.2. The van der Waals surface area contributed by atoms with Gasteiger partial charge < -0.3 is 9.47 Å². The fraction of sp³-hybridized carbons (Fsp3) is 0.179. The van der Waals surface area contributed by atoms with Crippen LogP contribution in [0.25, 0.3) is 31.7 Å². The molecule has 0 N–H and O–H groups in total. The number of hydrogen-bond acceptors (Lipinski definition) is 6. The third-order valence-corrected chi connectivity index (χ3v) is 6.86. The van der Waals surface area contributed by atoms with E-state index in [1.165, 1.54) is 11.6 Å². The maximum atomic E-state index is 11.8. The Morgan fingerprint density at radius 3 is 2.44 bits per heavy atom. The van der Waals surface area contributed by atoms with E-state index in [1.54, 1.807) is 11.3 Å². The summed E-state index contributed by atoms with van der Waals surface area (Å²) < 4.78 is 13.0. The molecule has 34 heavy (non-hydrogen) atoms. The van der Waals surface area contributed by atoms with Crippen molar-refractivity contribution >= 4 is 38.4 Å². The van der Waals surface area contributed by atoms with E-state index in [0.717, 1.165) is 56.0 Å². The molecule has 5 nitrogen and oxygen atoms in total. The van der Waals surface area contributed by atoms with Gasteiger partial charge in [0.25, 0.3) is 0 Å². The molecule has 5 aromatic rings. The molecule has 0 saturated carbocycles. The zero-order chi connectivity index (χ0) is 23.8. The molecule has 0 atom stereocenters. The van der Waals surface area contributed by atoms with Crippen LogP contribution in [0.3, 0.4) is 0 Å². The summed E-state index contributed by atoms with van der Waals surface area (Å²) in [7, 11) is 0. The molecule has 0 aliphatic carbocycles. The first kappa shape index (κ1) is 22.0. The van der Waals surface area contributed by atoms with Crippen LogP contribution in [-0.2, 0) is 11.2 Å². The molecule has 0 fully saturated rings. The number of ether oxygens (including phenoxy) is 2. The monoisotopic (exact) mass is 468 g/mol. The van der Waals surface area contributed by atoms with Crippen LogP contribution in [0.15, 0.2) is 60.7 Å². The number of aromatic nitrogens is 2. The summed E-state index contributed by atoms with van der Waals surface area (Å²) in [5.74, 6) is 1.60. The lowest BCUT2D eigenvalue weighted by Crippen LogP contribution is -2.06. The van der Waals surface area contributed by atoms with Crippen molar-refractivity contribution in [3.05, 3.63) is 77.5 Å². The molecule has 0 radical (unpaired) electrons. The summed E-state index contributed by atoms with van der Waals surface area (Å²) in [4.78, 5) is 21.3. The minimum absolute atomic E-state index is 0.355. The van der Waals surface area contributed by atoms with E-state index in [2.05, 4.69) is 6.07 Å². The Balaban J connectivity index is 1.49. The summed E-state index contributed by atoms with van der Waals surface area (Å²) in [6, 6.07) is 20.0. The van der Waals surface area contributed by atoms with Crippen LogP contribution in [0.5, 0.6) is 17.2 Å². The average molecular weight is 469 g/mol. The fourth-order valence-corrected chi connectivity index (χ4v) is 5.00. The zero-order valence-corrected chi connectivity index (χ0v) is 20.3. The molecule has 0 saturated heterocycles. The van der Waals surface area contributed by atoms with Gasteiger partial charge in [-0.05, 0) is 74.4 Å². The highest BCUT2D eigenvalue weighted by Gasteiger charge is 2.17. The molecule has 6 heteroatoms. The standard InChI is InChI=1S/C28H24N2O3S/c1-5-22-17(3)27(32-18(4)31)21-15-25(16(2)14-24(21)29-22)33-20-12-10-19(11-13-20)28-30-23-8-6-7-9-26(23)34-28/h6-15H,5H2,1-4H3. The molecule has 0 bridgehead atoms. The smallest absolute Gasteiger partial charge is 0.308 e. The second kappa shape index (κ2) is 8.88. The molecule has 5 rings (SSSR count). The van der Waals surface area contributed by atoms with Crippen molar-refractivity contribution in [1.82, 2.24) is 9.97 Å². The second-order valence-corrected chi connectivity index (χ2v) is 9.24. The van der Waals surface area contributed by atoms with Crippen LogP contribution < -0.4 is 9.47 Å². The maximum Gasteiger partial charge on any atom is 0.308 e. The molecular weight excluding hydrogens is 444 g/mol. The minimum atomic E-state index is -0.355. The molecule has 0 amide bonds. The molecule has 2 aromatic heterocycles. The number of carbonyl (C=O) groups is 1. The van der Waals surface area contributed by atoms with Crippen molar-refractivity contribution < 1.29 is 14.3 Å². The highest BCUT2D eigenvalue weighted by Crippen LogP contribution is 2.37. The lowest BCUT2D eigenvalue weighted by molar-refractivity contribution is -0.131. The minimum Gasteiger partial charge on any atom is -0.457 e. The number of fused-ring (bicyclic) bond motifs is 2. The quantitative estimate of drug-likeness (QED) is 0.251. The van der Waals surface area contributed by atoms with E-state index >= 15 is 0 Å². The van der Waals surface area contributed by atoms with E-state index < -0.39 is 0 Å². The van der Waals surface area contributed by atoms with Crippen molar-refractivity contribution in [2.24, 2.45) is 0 Å². The number of pyridine rings is 1. The number of thiazole rings is 1. The van der Waals surface area contributed by atoms with Crippen LogP contribution in [0.4, 0.5) is 0 Å². The van der Waals surface area contributed by atoms with Crippen LogP contribution in [-0.4, -0.2) is 15.9 Å². The van der Waals surface area contributed by atoms with Gasteiger partial charge in [-0.1, -0.05) is 19.1 Å². The van der Waals surface area contributed by atoms with Gasteiger partial charge in [0.15, 0.2) is 0 Å². The Hall–Kier alpha value is -3.77. The van der Waals surface area contributed by atoms with E-state index in [-0.39, 0.29) is 5.97 Å². The molecule has 3 aromatic carbocycles. The SMILES string of the molecule is CCc1nc2cc(C)c(Oc3ccc(-c4nc5ccccc5s4)cc3)cc2c(OC(C)=O)c1C. The number of aryl methyl sites for hydroxylation is 2. The third-order valence-electron chi connectivity index (χ3n) is 5.77. The summed E-state index contributed by atoms with van der Waals surface area (Å²) in [6.45, 7) is 7.38. The van der Waals surface area contributed by atoms with Gasteiger partial charge in [0.1, 0.15) is 22.3 Å². The fourth-order valence-electron chi connectivity index (χ4n) is 4.03. The third kappa shape index (κ3) is 4.13. The molecule has 0 aliphatic rings. The topological polar surface area (TPSA) is 61.3 Å². The second-order valence-electron chi connectivity index (χ2n) is 8.21. The van der Waals surface area contributed by atoms with Crippen LogP contribution >= 0.6 is 11.3 Å². The van der Waals surface area contributed by atoms with Crippen molar-refractivity contribution in [3.8, 4) is 27.8 Å². The number of esters is 1. The van der Waals surface area contributed by atoms with Crippen LogP contribution in [0.2, 0.25) is 0 Å². The number of rotatable bonds is 5. The molecular formula is C28H24N2O3S. The van der Waals surface area contributed by atoms with Gasteiger partial charge in [-0.25, -0.2) is 4.98 Å². The Morgan fingerprint density at radius 1 is 0.971 bits per heavy atom. The van der Waals surface area contributed by atoms with Gasteiger partial charge >= 0.3 is 5.97 Å². The largest absolute Gasteiger partial charge is 0.457 e. The zero-order valence-electron chi connectivity index (χ0n) is 19.5. The lowest BCUT2D eigenvalue weighted by Gasteiger charge is -2.16. The molecule has 170 valence electrons. The van der Waals surface area contributed by atoms with Crippen molar-refractivity contribution in [1.29, 1.82) is 0 Å². The van der Waals surface area contributed by atoms with Crippen LogP contribution in [0.1, 0.15) is 30.7 Å². The summed E-state index contributed by atoms with van der Waals surface area (Å²) in [6.07, 6.45) is 0.758. The predicted molar refractivity (Wildman–Crippen MR) is 137 cm³/mol. The van der Waals surface area contributed by atoms with Gasteiger partial charge in [-0.15, -0.1) is 11.3 Å². The average Bonchev–Trinajstić information content (AvgIpc) is 3.26. The molecule has 0 spiro atoms. The summed E-state index contributed by atoms with van der Waals surface area (Å²) in [5.41, 5.74) is 5.59. The van der Waals surface area contributed by atoms with Crippen LogP contribution in [0, 0.1) is 13.8 Å². The first-order valence-corrected chi connectivity index (χ1v) is 12.0. The Labute approximate surface area is 202 Å². The van der Waals surface area contributed by atoms with E-state index in [9.17, 15) is 4.79 Å². The first-order chi connectivity index (χ1) is 16.4. The Kier molecular flexibility index (Phi) is 5.75. The Morgan fingerprint density at radius 2 is 1.74 bits per heavy atom. The highest BCUT2D eigenvalue weighted by atomic mass is 32.1. The summed E-state index contributed by atoms with van der Waals surface area (Å²) in [5, 5.41) is 1.74. The number of benzene rings is 3. The molecule has 2 heterocycles. The van der Waals surface area contributed by atoms with Crippen molar-refractivity contribution in [2.75, 3.05) is 0 Å². The van der Waals surface area contributed by atoms with E-state index in [1.807, 2.05) is 75.4 Å². The van der Waals surface area contributed by atoms with Gasteiger partial charge in [-0.3, -0.25) is 9.78 Å². The van der Waals surface area contributed by atoms with E-state index in [4.69, 9.17) is 19.4 Å². The predicted octanol–water partition coefficient (Wildman–Crippen LogP) is 7.41. The number of nitrogens with zero attached hydrogens (tertiary/aromatic N) is 2. The summed E-state index contributed by atoms with van der Waals surface area (Å²) >= 11 is 1.67. The van der Waals surface area contributed by atoms with Gasteiger partial charge in [0, 0.05) is 29.1 Å². The lowest BCUT2D eigenvalue weighted by atomic mass is 10.0. The van der Waals surface area contributed by atoms with Crippen molar-refractivity contribution in [2.45, 2.75) is 34.1 Å². The first-order valence-electron chi connectivity index (χ1n) is 11.2. The van der Waals surface area contributed by atoms with E-state index in [0.29, 0.717) is 11.5 Å². The van der Waals surface area contributed by atoms with Gasteiger partial charge in [0.05, 0.1) is 15.7 Å². The van der Waals surface area contributed by atoms with Gasteiger partial charge in [-0.2, -0.15) is 0 Å². The number of carbonyl (C=O) groups excluding carboxylic acids is 1. The molecule has 0 aliphatic heterocycles. The Bertz CT molecular complexity index is 1500. The van der Waals surface area contributed by atoms with Gasteiger partial charge in [0.2, 0.25) is 0 Å². The highest BCUT2D eigenvalue weighted by molar-refractivity contribution is 7.21. The number of para-hydroxylation sites is 1.